The van der Waals surface area contributed by atoms with E-state index in [0.717, 1.165) is 12.4 Å². The van der Waals surface area contributed by atoms with Gasteiger partial charge in [-0.1, -0.05) is 0 Å². The van der Waals surface area contributed by atoms with Gasteiger partial charge in [0, 0.05) is 4.90 Å². The van der Waals surface area contributed by atoms with E-state index in [1.54, 1.807) is 11.9 Å². The van der Waals surface area contributed by atoms with Crippen molar-refractivity contribution in [1.29, 1.82) is 0 Å². The summed E-state index contributed by atoms with van der Waals surface area (Å²) < 4.78 is 7.41. The van der Waals surface area contributed by atoms with Crippen LogP contribution in [0.5, 0.6) is 5.75 Å². The zero-order valence-corrected chi connectivity index (χ0v) is 9.10. The molecule has 1 aromatic rings. The standard InChI is InChI=1S/C10H15NOS/c1-4-12-9-5-7-10(8-6-9)13-11(2)3/h5-8H,4H2,1-3H3. The van der Waals surface area contributed by atoms with Gasteiger partial charge in [-0.25, -0.2) is 0 Å². The van der Waals surface area contributed by atoms with Crippen LogP contribution in [-0.2, 0) is 0 Å². The van der Waals surface area contributed by atoms with Gasteiger partial charge in [0.05, 0.1) is 6.61 Å². The highest BCUT2D eigenvalue weighted by Crippen LogP contribution is 2.22. The molecule has 0 saturated heterocycles. The van der Waals surface area contributed by atoms with Crippen molar-refractivity contribution in [3.8, 4) is 5.75 Å². The van der Waals surface area contributed by atoms with Crippen LogP contribution < -0.4 is 4.74 Å². The van der Waals surface area contributed by atoms with Crippen LogP contribution in [0.15, 0.2) is 29.2 Å². The zero-order valence-electron chi connectivity index (χ0n) is 8.28. The van der Waals surface area contributed by atoms with Crippen LogP contribution in [0.2, 0.25) is 0 Å². The molecule has 13 heavy (non-hydrogen) atoms. The lowest BCUT2D eigenvalue weighted by molar-refractivity contribution is 0.340. The molecule has 72 valence electrons. The van der Waals surface area contributed by atoms with E-state index >= 15 is 0 Å². The van der Waals surface area contributed by atoms with Gasteiger partial charge in [-0.05, 0) is 57.2 Å². The summed E-state index contributed by atoms with van der Waals surface area (Å²) in [7, 11) is 4.06. The topological polar surface area (TPSA) is 12.5 Å². The minimum Gasteiger partial charge on any atom is -0.494 e. The maximum absolute atomic E-state index is 5.34. The lowest BCUT2D eigenvalue weighted by Crippen LogP contribution is -1.98. The lowest BCUT2D eigenvalue weighted by atomic mass is 10.3. The molecule has 0 aliphatic carbocycles. The van der Waals surface area contributed by atoms with E-state index in [0.29, 0.717) is 0 Å². The third-order valence-electron chi connectivity index (χ3n) is 1.42. The van der Waals surface area contributed by atoms with E-state index in [4.69, 9.17) is 4.74 Å². The third kappa shape index (κ3) is 3.70. The van der Waals surface area contributed by atoms with Crippen LogP contribution in [-0.4, -0.2) is 25.0 Å². The molecule has 0 aromatic heterocycles. The fraction of sp³-hybridized carbons (Fsp3) is 0.400. The fourth-order valence-electron chi connectivity index (χ4n) is 0.974. The first-order valence-corrected chi connectivity index (χ1v) is 5.08. The Bertz CT molecular complexity index is 246. The van der Waals surface area contributed by atoms with Gasteiger partial charge in [-0.3, -0.25) is 4.31 Å². The lowest BCUT2D eigenvalue weighted by Gasteiger charge is -2.08. The Morgan fingerprint density at radius 3 is 2.31 bits per heavy atom. The molecule has 0 fully saturated rings. The molecular weight excluding hydrogens is 182 g/mol. The first-order valence-electron chi connectivity index (χ1n) is 4.30. The largest absolute Gasteiger partial charge is 0.494 e. The Labute approximate surface area is 84.0 Å². The molecule has 0 saturated carbocycles. The van der Waals surface area contributed by atoms with Crippen LogP contribution in [0.25, 0.3) is 0 Å². The first-order chi connectivity index (χ1) is 6.22. The molecule has 3 heteroatoms. The van der Waals surface area contributed by atoms with E-state index in [2.05, 4.69) is 16.4 Å². The minimum absolute atomic E-state index is 0.722. The first kappa shape index (κ1) is 10.4. The monoisotopic (exact) mass is 197 g/mol. The van der Waals surface area contributed by atoms with Crippen molar-refractivity contribution in [2.45, 2.75) is 11.8 Å². The van der Waals surface area contributed by atoms with E-state index in [1.807, 2.05) is 33.2 Å². The number of hydrogen-bond donors (Lipinski definition) is 0. The van der Waals surface area contributed by atoms with Gasteiger partial charge in [0.25, 0.3) is 0 Å². The Morgan fingerprint density at radius 1 is 1.23 bits per heavy atom. The van der Waals surface area contributed by atoms with Gasteiger partial charge in [0.2, 0.25) is 0 Å². The maximum Gasteiger partial charge on any atom is 0.119 e. The molecule has 1 aromatic carbocycles. The number of hydrogen-bond acceptors (Lipinski definition) is 3. The summed E-state index contributed by atoms with van der Waals surface area (Å²) in [5.41, 5.74) is 0. The molecular formula is C10H15NOS. The molecule has 0 aliphatic rings. The number of nitrogens with zero attached hydrogens (tertiary/aromatic N) is 1. The van der Waals surface area contributed by atoms with E-state index in [9.17, 15) is 0 Å². The fourth-order valence-corrected chi connectivity index (χ4v) is 1.65. The van der Waals surface area contributed by atoms with Crippen LogP contribution >= 0.6 is 11.9 Å². The van der Waals surface area contributed by atoms with E-state index < -0.39 is 0 Å². The second kappa shape index (κ2) is 5.14. The molecule has 0 aliphatic heterocycles. The summed E-state index contributed by atoms with van der Waals surface area (Å²) in [6.07, 6.45) is 0. The number of ether oxygens (including phenoxy) is 1. The Kier molecular flexibility index (Phi) is 4.12. The predicted octanol–water partition coefficient (Wildman–Crippen LogP) is 2.65. The van der Waals surface area contributed by atoms with Gasteiger partial charge < -0.3 is 4.74 Å². The highest BCUT2D eigenvalue weighted by atomic mass is 32.2. The van der Waals surface area contributed by atoms with Gasteiger partial charge in [0.1, 0.15) is 5.75 Å². The van der Waals surface area contributed by atoms with Crippen molar-refractivity contribution in [2.24, 2.45) is 0 Å². The second-order valence-corrected chi connectivity index (χ2v) is 4.19. The summed E-state index contributed by atoms with van der Waals surface area (Å²) in [6.45, 7) is 2.71. The zero-order chi connectivity index (χ0) is 9.68. The molecule has 2 nitrogen and oxygen atoms in total. The summed E-state index contributed by atoms with van der Waals surface area (Å²) in [4.78, 5) is 1.23. The molecule has 0 amide bonds. The summed E-state index contributed by atoms with van der Waals surface area (Å²) in [5, 5.41) is 0. The maximum atomic E-state index is 5.34. The Morgan fingerprint density at radius 2 is 1.85 bits per heavy atom. The predicted molar refractivity (Wildman–Crippen MR) is 57.2 cm³/mol. The van der Waals surface area contributed by atoms with Crippen LogP contribution in [0.1, 0.15) is 6.92 Å². The molecule has 0 radical (unpaired) electrons. The van der Waals surface area contributed by atoms with Crippen molar-refractivity contribution in [3.05, 3.63) is 24.3 Å². The minimum atomic E-state index is 0.722. The van der Waals surface area contributed by atoms with E-state index in [1.165, 1.54) is 4.90 Å². The smallest absolute Gasteiger partial charge is 0.119 e. The average molecular weight is 197 g/mol. The third-order valence-corrected chi connectivity index (χ3v) is 2.27. The Balaban J connectivity index is 2.59. The highest BCUT2D eigenvalue weighted by Gasteiger charge is 1.96. The molecule has 0 unspecified atom stereocenters. The van der Waals surface area contributed by atoms with Crippen molar-refractivity contribution in [3.63, 3.8) is 0 Å². The van der Waals surface area contributed by atoms with Gasteiger partial charge in [-0.15, -0.1) is 0 Å². The normalized spacial score (nSPS) is 10.5. The van der Waals surface area contributed by atoms with Gasteiger partial charge in [-0.2, -0.15) is 0 Å². The SMILES string of the molecule is CCOc1ccc(SN(C)C)cc1. The number of rotatable bonds is 4. The second-order valence-electron chi connectivity index (χ2n) is 2.81. The van der Waals surface area contributed by atoms with Crippen LogP contribution in [0.4, 0.5) is 0 Å². The molecule has 0 atom stereocenters. The highest BCUT2D eigenvalue weighted by molar-refractivity contribution is 7.97. The quantitative estimate of drug-likeness (QED) is 0.688. The Hall–Kier alpha value is -0.670. The molecule has 0 N–H and O–H groups in total. The van der Waals surface area contributed by atoms with Crippen LogP contribution in [0.3, 0.4) is 0 Å². The number of benzene rings is 1. The molecule has 0 spiro atoms. The summed E-state index contributed by atoms with van der Waals surface area (Å²) in [6, 6.07) is 8.12. The van der Waals surface area contributed by atoms with E-state index in [-0.39, 0.29) is 0 Å². The van der Waals surface area contributed by atoms with Crippen molar-refractivity contribution < 1.29 is 4.74 Å². The van der Waals surface area contributed by atoms with Crippen LogP contribution in [0, 0.1) is 0 Å². The van der Waals surface area contributed by atoms with Crippen molar-refractivity contribution >= 4 is 11.9 Å². The van der Waals surface area contributed by atoms with Gasteiger partial charge >= 0.3 is 0 Å². The summed E-state index contributed by atoms with van der Waals surface area (Å²) in [5.74, 6) is 0.936. The average Bonchev–Trinajstić information content (AvgIpc) is 2.08. The molecule has 0 bridgehead atoms. The van der Waals surface area contributed by atoms with Gasteiger partial charge in [0.15, 0.2) is 0 Å². The van der Waals surface area contributed by atoms with Crippen molar-refractivity contribution in [1.82, 2.24) is 4.31 Å². The molecule has 1 rings (SSSR count). The van der Waals surface area contributed by atoms with Crippen molar-refractivity contribution in [2.75, 3.05) is 20.7 Å². The summed E-state index contributed by atoms with van der Waals surface area (Å²) >= 11 is 1.70. The molecule has 0 heterocycles.